The van der Waals surface area contributed by atoms with E-state index in [1.807, 2.05) is 0 Å². The number of anilines is 2. The number of para-hydroxylation sites is 3. The van der Waals surface area contributed by atoms with Gasteiger partial charge >= 0.3 is 0 Å². The smallest absolute Gasteiger partial charge is 0.0547 e. The van der Waals surface area contributed by atoms with Crippen LogP contribution in [0, 0.1) is 0 Å². The van der Waals surface area contributed by atoms with Crippen molar-refractivity contribution >= 4 is 49.9 Å². The maximum atomic E-state index is 4.56. The van der Waals surface area contributed by atoms with E-state index in [2.05, 4.69) is 210 Å². The largest absolute Gasteiger partial charge is 0.317 e. The highest BCUT2D eigenvalue weighted by atomic mass is 15.1. The Labute approximate surface area is 329 Å². The van der Waals surface area contributed by atoms with Crippen LogP contribution in [-0.2, 0) is 0 Å². The summed E-state index contributed by atoms with van der Waals surface area (Å²) in [5.41, 5.74) is 18.1. The molecule has 0 N–H and O–H groups in total. The van der Waals surface area contributed by atoms with Crippen LogP contribution in [0.2, 0.25) is 0 Å². The Kier molecular flexibility index (Phi) is 8.65. The van der Waals surface area contributed by atoms with Gasteiger partial charge in [0.2, 0.25) is 0 Å². The summed E-state index contributed by atoms with van der Waals surface area (Å²) in [6.07, 6.45) is 22.7. The van der Waals surface area contributed by atoms with Gasteiger partial charge in [0.15, 0.2) is 0 Å². The summed E-state index contributed by atoms with van der Waals surface area (Å²) in [5.74, 6) is 0. The zero-order valence-electron chi connectivity index (χ0n) is 31.4. The van der Waals surface area contributed by atoms with Gasteiger partial charge in [-0.05, 0) is 136 Å². The van der Waals surface area contributed by atoms with Crippen LogP contribution >= 0.6 is 0 Å². The molecule has 0 atom stereocenters. The molecule has 10 rings (SSSR count). The van der Waals surface area contributed by atoms with E-state index in [-0.39, 0.29) is 0 Å². The molecule has 0 amide bonds. The van der Waals surface area contributed by atoms with Gasteiger partial charge in [-0.2, -0.15) is 0 Å². The molecule has 7 aromatic rings. The van der Waals surface area contributed by atoms with Crippen LogP contribution in [0.1, 0.15) is 42.4 Å². The van der Waals surface area contributed by atoms with Gasteiger partial charge in [-0.15, -0.1) is 0 Å². The van der Waals surface area contributed by atoms with Crippen LogP contribution in [0.5, 0.6) is 0 Å². The number of aromatic nitrogens is 1. The van der Waals surface area contributed by atoms with E-state index in [0.717, 1.165) is 65.0 Å². The average molecular weight is 719 g/mol. The first kappa shape index (κ1) is 33.7. The van der Waals surface area contributed by atoms with Crippen molar-refractivity contribution in [3.05, 3.63) is 229 Å². The van der Waals surface area contributed by atoms with Crippen LogP contribution in [0.4, 0.5) is 11.4 Å². The zero-order chi connectivity index (χ0) is 37.4. The van der Waals surface area contributed by atoms with Crippen molar-refractivity contribution in [3.63, 3.8) is 0 Å². The number of nitrogens with zero attached hydrogens (tertiary/aromatic N) is 2. The van der Waals surface area contributed by atoms with Gasteiger partial charge in [-0.1, -0.05) is 134 Å². The molecule has 56 heavy (non-hydrogen) atoms. The van der Waals surface area contributed by atoms with Crippen molar-refractivity contribution in [1.82, 2.24) is 4.57 Å². The van der Waals surface area contributed by atoms with Crippen LogP contribution < -0.4 is 4.90 Å². The molecule has 0 unspecified atom stereocenters. The van der Waals surface area contributed by atoms with E-state index in [1.54, 1.807) is 0 Å². The van der Waals surface area contributed by atoms with E-state index in [1.165, 1.54) is 55.2 Å². The fourth-order valence-corrected chi connectivity index (χ4v) is 8.58. The maximum Gasteiger partial charge on any atom is 0.0547 e. The first-order chi connectivity index (χ1) is 27.7. The van der Waals surface area contributed by atoms with Crippen molar-refractivity contribution in [1.29, 1.82) is 0 Å². The minimum atomic E-state index is 0.985. The molecule has 3 aliphatic rings. The Hall–Kier alpha value is -6.90. The second-order valence-electron chi connectivity index (χ2n) is 14.9. The van der Waals surface area contributed by atoms with Gasteiger partial charge < -0.3 is 9.47 Å². The number of rotatable bonds is 6. The minimum Gasteiger partial charge on any atom is -0.317 e. The Morgan fingerprint density at radius 3 is 1.96 bits per heavy atom. The molecule has 1 aromatic heterocycles. The van der Waals surface area contributed by atoms with Crippen LogP contribution in [-0.4, -0.2) is 4.57 Å². The molecule has 2 heterocycles. The SMILES string of the molecule is C=C1/C=C(c2ccc3c(c2)c2ccc(-c4ccc(C5=CC=C(C6=CCCC=C6)CC5)cc4)cc2n3-c2ccccc2)\C=C/N(c2ccccc2)c2ccccc21. The van der Waals surface area contributed by atoms with Gasteiger partial charge in [0, 0.05) is 33.9 Å². The molecule has 0 saturated carbocycles. The fourth-order valence-electron chi connectivity index (χ4n) is 8.58. The van der Waals surface area contributed by atoms with Gasteiger partial charge in [-0.3, -0.25) is 0 Å². The summed E-state index contributed by atoms with van der Waals surface area (Å²) in [4.78, 5) is 2.26. The number of hydrogen-bond donors (Lipinski definition) is 0. The average Bonchev–Trinajstić information content (AvgIpc) is 3.59. The summed E-state index contributed by atoms with van der Waals surface area (Å²) < 4.78 is 2.41. The molecule has 0 bridgehead atoms. The number of fused-ring (bicyclic) bond motifs is 4. The number of allylic oxidation sites excluding steroid dienone is 12. The predicted octanol–water partition coefficient (Wildman–Crippen LogP) is 14.6. The van der Waals surface area contributed by atoms with Crippen molar-refractivity contribution in [2.24, 2.45) is 0 Å². The molecule has 2 heteroatoms. The highest BCUT2D eigenvalue weighted by Crippen LogP contribution is 2.40. The topological polar surface area (TPSA) is 8.17 Å². The van der Waals surface area contributed by atoms with Gasteiger partial charge in [-0.25, -0.2) is 0 Å². The van der Waals surface area contributed by atoms with Crippen LogP contribution in [0.15, 0.2) is 212 Å². The summed E-state index contributed by atoms with van der Waals surface area (Å²) >= 11 is 0. The lowest BCUT2D eigenvalue weighted by Crippen LogP contribution is -2.11. The third-order valence-electron chi connectivity index (χ3n) is 11.5. The quantitative estimate of drug-likeness (QED) is 0.166. The minimum absolute atomic E-state index is 0.985. The molecule has 0 saturated heterocycles. The van der Waals surface area contributed by atoms with Crippen molar-refractivity contribution in [2.75, 3.05) is 4.90 Å². The van der Waals surface area contributed by atoms with Crippen molar-refractivity contribution < 1.29 is 0 Å². The van der Waals surface area contributed by atoms with E-state index >= 15 is 0 Å². The Balaban J connectivity index is 1.03. The number of benzene rings is 6. The monoisotopic (exact) mass is 718 g/mol. The molecule has 0 spiro atoms. The summed E-state index contributed by atoms with van der Waals surface area (Å²) in [6, 6.07) is 52.8. The van der Waals surface area contributed by atoms with Gasteiger partial charge in [0.1, 0.15) is 0 Å². The molecule has 0 fully saturated rings. The predicted molar refractivity (Wildman–Crippen MR) is 239 cm³/mol. The standard InChI is InChI=1S/C54H42N2/c1-38-35-46(33-34-55(47-15-7-3-8-16-47)52-20-12-11-19-49(38)52)44-30-32-53-51(36-44)50-31-29-45(37-54(50)56(53)48-17-9-4-10-18-48)43-27-25-42(26-28-43)41-23-21-40(22-24-41)39-13-5-2-6-14-39/h3-5,7-21,23,25-37H,1-2,6,22,24H2/b34-33-,46-35+. The Morgan fingerprint density at radius 2 is 1.20 bits per heavy atom. The lowest BCUT2D eigenvalue weighted by atomic mass is 9.88. The van der Waals surface area contributed by atoms with Crippen molar-refractivity contribution in [3.8, 4) is 16.8 Å². The molecule has 1 aliphatic heterocycles. The highest BCUT2D eigenvalue weighted by Gasteiger charge is 2.19. The fraction of sp³-hybridized carbons (Fsp3) is 0.0741. The molecule has 2 aliphatic carbocycles. The molecule has 268 valence electrons. The zero-order valence-corrected chi connectivity index (χ0v) is 31.4. The molecular weight excluding hydrogens is 677 g/mol. The molecule has 6 aromatic carbocycles. The summed E-state index contributed by atoms with van der Waals surface area (Å²) in [5, 5.41) is 2.45. The lowest BCUT2D eigenvalue weighted by Gasteiger charge is -2.26. The molecule has 0 radical (unpaired) electrons. The summed E-state index contributed by atoms with van der Waals surface area (Å²) in [7, 11) is 0. The van der Waals surface area contributed by atoms with E-state index in [0.29, 0.717) is 0 Å². The second kappa shape index (κ2) is 14.4. The third kappa shape index (κ3) is 6.20. The van der Waals surface area contributed by atoms with E-state index < -0.39 is 0 Å². The Morgan fingerprint density at radius 1 is 0.500 bits per heavy atom. The first-order valence-electron chi connectivity index (χ1n) is 19.7. The normalized spacial score (nSPS) is 17.0. The maximum absolute atomic E-state index is 4.56. The number of hydrogen-bond acceptors (Lipinski definition) is 1. The lowest BCUT2D eigenvalue weighted by molar-refractivity contribution is 0.962. The highest BCUT2D eigenvalue weighted by molar-refractivity contribution is 6.11. The van der Waals surface area contributed by atoms with E-state index in [9.17, 15) is 0 Å². The molecular formula is C54H42N2. The second-order valence-corrected chi connectivity index (χ2v) is 14.9. The first-order valence-corrected chi connectivity index (χ1v) is 19.7. The van der Waals surface area contributed by atoms with Crippen molar-refractivity contribution in [2.45, 2.75) is 25.7 Å². The Bertz CT molecular complexity index is 2840. The molecule has 2 nitrogen and oxygen atoms in total. The van der Waals surface area contributed by atoms with Crippen LogP contribution in [0.3, 0.4) is 0 Å². The van der Waals surface area contributed by atoms with Gasteiger partial charge in [0.05, 0.1) is 16.7 Å². The summed E-state index contributed by atoms with van der Waals surface area (Å²) in [6.45, 7) is 4.56. The van der Waals surface area contributed by atoms with Crippen LogP contribution in [0.25, 0.3) is 55.3 Å². The third-order valence-corrected chi connectivity index (χ3v) is 11.5. The van der Waals surface area contributed by atoms with E-state index in [4.69, 9.17) is 0 Å². The van der Waals surface area contributed by atoms with Gasteiger partial charge in [0.25, 0.3) is 0 Å².